The third kappa shape index (κ3) is 3.47. The van der Waals surface area contributed by atoms with E-state index in [1.807, 2.05) is 4.90 Å². The van der Waals surface area contributed by atoms with Crippen molar-refractivity contribution >= 4 is 5.91 Å². The van der Waals surface area contributed by atoms with Crippen LogP contribution in [0.25, 0.3) is 0 Å². The SMILES string of the molecule is O=C([C@@H]1C[C@@H]1c1ccc(F)cc1)N1CCC(O[C@H]2CCOC2)CC1. The van der Waals surface area contributed by atoms with Gasteiger partial charge in [-0.25, -0.2) is 4.39 Å². The van der Waals surface area contributed by atoms with E-state index in [0.29, 0.717) is 6.61 Å². The van der Waals surface area contributed by atoms with Gasteiger partial charge in [-0.05, 0) is 49.3 Å². The number of ether oxygens (including phenoxy) is 2. The predicted octanol–water partition coefficient (Wildman–Crippen LogP) is 2.73. The summed E-state index contributed by atoms with van der Waals surface area (Å²) < 4.78 is 24.4. The van der Waals surface area contributed by atoms with Crippen molar-refractivity contribution in [2.45, 2.75) is 43.8 Å². The molecule has 2 aliphatic heterocycles. The van der Waals surface area contributed by atoms with Gasteiger partial charge in [0.25, 0.3) is 0 Å². The van der Waals surface area contributed by atoms with Crippen molar-refractivity contribution in [1.29, 1.82) is 0 Å². The summed E-state index contributed by atoms with van der Waals surface area (Å²) in [7, 11) is 0. The summed E-state index contributed by atoms with van der Waals surface area (Å²) in [5, 5.41) is 0. The molecule has 1 aromatic rings. The smallest absolute Gasteiger partial charge is 0.226 e. The van der Waals surface area contributed by atoms with Gasteiger partial charge in [0.15, 0.2) is 0 Å². The number of carbonyl (C=O) groups excluding carboxylic acids is 1. The Morgan fingerprint density at radius 3 is 2.54 bits per heavy atom. The Morgan fingerprint density at radius 2 is 1.88 bits per heavy atom. The maximum atomic E-state index is 13.0. The van der Waals surface area contributed by atoms with Crippen LogP contribution in [0, 0.1) is 11.7 Å². The molecule has 3 atom stereocenters. The normalized spacial score (nSPS) is 30.5. The van der Waals surface area contributed by atoms with Gasteiger partial charge in [0.05, 0.1) is 18.8 Å². The Kier molecular flexibility index (Phi) is 4.55. The second-order valence-corrected chi connectivity index (χ2v) is 7.15. The van der Waals surface area contributed by atoms with Crippen molar-refractivity contribution in [3.63, 3.8) is 0 Å². The maximum absolute atomic E-state index is 13.0. The lowest BCUT2D eigenvalue weighted by Crippen LogP contribution is -2.42. The molecule has 2 heterocycles. The molecular formula is C19H24FNO3. The third-order valence-electron chi connectivity index (χ3n) is 5.43. The fourth-order valence-corrected chi connectivity index (χ4v) is 3.89. The molecule has 3 aliphatic rings. The second-order valence-electron chi connectivity index (χ2n) is 7.15. The number of hydrogen-bond acceptors (Lipinski definition) is 3. The Hall–Kier alpha value is -1.46. The molecule has 0 bridgehead atoms. The van der Waals surface area contributed by atoms with E-state index in [1.54, 1.807) is 12.1 Å². The van der Waals surface area contributed by atoms with Crippen molar-refractivity contribution in [3.8, 4) is 0 Å². The first-order chi connectivity index (χ1) is 11.7. The summed E-state index contributed by atoms with van der Waals surface area (Å²) in [6.07, 6.45) is 4.20. The highest BCUT2D eigenvalue weighted by Crippen LogP contribution is 2.48. The molecule has 0 N–H and O–H groups in total. The molecule has 1 aliphatic carbocycles. The van der Waals surface area contributed by atoms with Gasteiger partial charge in [0, 0.05) is 25.6 Å². The lowest BCUT2D eigenvalue weighted by atomic mass is 10.1. The molecule has 0 spiro atoms. The van der Waals surface area contributed by atoms with E-state index in [9.17, 15) is 9.18 Å². The Balaban J connectivity index is 1.25. The average Bonchev–Trinajstić information content (AvgIpc) is 3.24. The van der Waals surface area contributed by atoms with Crippen LogP contribution in [-0.2, 0) is 14.3 Å². The number of likely N-dealkylation sites (tertiary alicyclic amines) is 1. The largest absolute Gasteiger partial charge is 0.379 e. The van der Waals surface area contributed by atoms with E-state index in [1.165, 1.54) is 12.1 Å². The van der Waals surface area contributed by atoms with Crippen LogP contribution in [0.4, 0.5) is 4.39 Å². The van der Waals surface area contributed by atoms with Crippen LogP contribution in [0.3, 0.4) is 0 Å². The quantitative estimate of drug-likeness (QED) is 0.850. The Morgan fingerprint density at radius 1 is 1.12 bits per heavy atom. The first-order valence-corrected chi connectivity index (χ1v) is 8.98. The minimum atomic E-state index is -0.225. The van der Waals surface area contributed by atoms with Crippen molar-refractivity contribution in [1.82, 2.24) is 4.90 Å². The first-order valence-electron chi connectivity index (χ1n) is 8.98. The van der Waals surface area contributed by atoms with E-state index in [-0.39, 0.29) is 35.8 Å². The molecule has 5 heteroatoms. The molecule has 130 valence electrons. The molecule has 1 amide bonds. The van der Waals surface area contributed by atoms with Crippen LogP contribution in [0.1, 0.15) is 37.2 Å². The lowest BCUT2D eigenvalue weighted by Gasteiger charge is -2.33. The van der Waals surface area contributed by atoms with Gasteiger partial charge in [-0.15, -0.1) is 0 Å². The zero-order chi connectivity index (χ0) is 16.5. The van der Waals surface area contributed by atoms with Gasteiger partial charge < -0.3 is 14.4 Å². The summed E-state index contributed by atoms with van der Waals surface area (Å²) in [4.78, 5) is 14.6. The van der Waals surface area contributed by atoms with Crippen molar-refractivity contribution < 1.29 is 18.7 Å². The molecule has 0 aromatic heterocycles. The van der Waals surface area contributed by atoms with Gasteiger partial charge in [-0.3, -0.25) is 4.79 Å². The van der Waals surface area contributed by atoms with Crippen molar-refractivity contribution in [3.05, 3.63) is 35.6 Å². The molecule has 1 saturated carbocycles. The summed E-state index contributed by atoms with van der Waals surface area (Å²) in [5.41, 5.74) is 1.08. The van der Waals surface area contributed by atoms with Crippen LogP contribution in [0.2, 0.25) is 0 Å². The highest BCUT2D eigenvalue weighted by Gasteiger charge is 2.46. The standard InChI is InChI=1S/C19H24FNO3/c20-14-3-1-13(2-4-14)17-11-18(17)19(22)21-8-5-15(6-9-21)24-16-7-10-23-12-16/h1-4,15-18H,5-12H2/t16-,17+,18+/m0/s1. The third-order valence-corrected chi connectivity index (χ3v) is 5.43. The Bertz CT molecular complexity index is 577. The molecule has 4 nitrogen and oxygen atoms in total. The van der Waals surface area contributed by atoms with Gasteiger partial charge >= 0.3 is 0 Å². The second kappa shape index (κ2) is 6.81. The van der Waals surface area contributed by atoms with Gasteiger partial charge in [0.2, 0.25) is 5.91 Å². The number of piperidine rings is 1. The molecule has 24 heavy (non-hydrogen) atoms. The molecule has 4 rings (SSSR count). The minimum absolute atomic E-state index is 0.0798. The lowest BCUT2D eigenvalue weighted by molar-refractivity contribution is -0.136. The van der Waals surface area contributed by atoms with E-state index >= 15 is 0 Å². The molecule has 1 aromatic carbocycles. The van der Waals surface area contributed by atoms with E-state index in [4.69, 9.17) is 9.47 Å². The summed E-state index contributed by atoms with van der Waals surface area (Å²) in [5.74, 6) is 0.378. The molecular weight excluding hydrogens is 309 g/mol. The number of nitrogens with zero attached hydrogens (tertiary/aromatic N) is 1. The first kappa shape index (κ1) is 16.0. The van der Waals surface area contributed by atoms with Crippen LogP contribution in [-0.4, -0.2) is 49.3 Å². The van der Waals surface area contributed by atoms with E-state index in [2.05, 4.69) is 0 Å². The summed E-state index contributed by atoms with van der Waals surface area (Å²) in [6.45, 7) is 3.07. The van der Waals surface area contributed by atoms with Crippen LogP contribution >= 0.6 is 0 Å². The molecule has 0 radical (unpaired) electrons. The number of halogens is 1. The van der Waals surface area contributed by atoms with Gasteiger partial charge in [0.1, 0.15) is 5.82 Å². The molecule has 3 fully saturated rings. The monoisotopic (exact) mass is 333 g/mol. The average molecular weight is 333 g/mol. The van der Waals surface area contributed by atoms with E-state index < -0.39 is 0 Å². The minimum Gasteiger partial charge on any atom is -0.379 e. The number of benzene rings is 1. The molecule has 2 saturated heterocycles. The highest BCUT2D eigenvalue weighted by atomic mass is 19.1. The zero-order valence-electron chi connectivity index (χ0n) is 13.8. The Labute approximate surface area is 141 Å². The van der Waals surface area contributed by atoms with Crippen molar-refractivity contribution in [2.24, 2.45) is 5.92 Å². The van der Waals surface area contributed by atoms with Crippen molar-refractivity contribution in [2.75, 3.05) is 26.3 Å². The maximum Gasteiger partial charge on any atom is 0.226 e. The predicted molar refractivity (Wildman–Crippen MR) is 87.2 cm³/mol. The van der Waals surface area contributed by atoms with Crippen LogP contribution in [0.15, 0.2) is 24.3 Å². The van der Waals surface area contributed by atoms with Gasteiger partial charge in [-0.1, -0.05) is 12.1 Å². The fraction of sp³-hybridized carbons (Fsp3) is 0.632. The number of carbonyl (C=O) groups is 1. The highest BCUT2D eigenvalue weighted by molar-refractivity contribution is 5.83. The van der Waals surface area contributed by atoms with Crippen LogP contribution < -0.4 is 0 Å². The van der Waals surface area contributed by atoms with Crippen LogP contribution in [0.5, 0.6) is 0 Å². The number of amides is 1. The fourth-order valence-electron chi connectivity index (χ4n) is 3.89. The topological polar surface area (TPSA) is 38.8 Å². The summed E-state index contributed by atoms with van der Waals surface area (Å²) in [6, 6.07) is 6.56. The van der Waals surface area contributed by atoms with E-state index in [0.717, 1.165) is 50.9 Å². The number of rotatable bonds is 4. The molecule has 0 unspecified atom stereocenters. The zero-order valence-corrected chi connectivity index (χ0v) is 13.8. The van der Waals surface area contributed by atoms with Gasteiger partial charge in [-0.2, -0.15) is 0 Å². The summed E-state index contributed by atoms with van der Waals surface area (Å²) >= 11 is 0. The number of hydrogen-bond donors (Lipinski definition) is 0.